The minimum absolute atomic E-state index is 0.221. The number of thiocarbonyl (C=S) groups is 1. The molecule has 1 atom stereocenters. The van der Waals surface area contributed by atoms with E-state index in [4.69, 9.17) is 18.0 Å². The van der Waals surface area contributed by atoms with Crippen LogP contribution in [0.4, 0.5) is 4.79 Å². The van der Waals surface area contributed by atoms with Gasteiger partial charge in [0.2, 0.25) is 0 Å². The molecule has 0 aliphatic rings. The summed E-state index contributed by atoms with van der Waals surface area (Å²) in [6.07, 6.45) is 0. The molecule has 2 amide bonds. The summed E-state index contributed by atoms with van der Waals surface area (Å²) in [7, 11) is 3.33. The van der Waals surface area contributed by atoms with E-state index in [1.54, 1.807) is 14.1 Å². The second kappa shape index (κ2) is 5.46. The van der Waals surface area contributed by atoms with Gasteiger partial charge in [-0.15, -0.1) is 0 Å². The van der Waals surface area contributed by atoms with Gasteiger partial charge < -0.3 is 16.0 Å². The molecule has 0 heterocycles. The predicted octanol–water partition coefficient (Wildman–Crippen LogP) is 1.29. The van der Waals surface area contributed by atoms with E-state index in [1.807, 2.05) is 30.3 Å². The minimum atomic E-state index is -0.425. The summed E-state index contributed by atoms with van der Waals surface area (Å²) in [5.74, 6) is 0. The summed E-state index contributed by atoms with van der Waals surface area (Å²) >= 11 is 4.95. The van der Waals surface area contributed by atoms with E-state index in [-0.39, 0.29) is 11.0 Å². The molecule has 4 nitrogen and oxygen atoms in total. The van der Waals surface area contributed by atoms with E-state index in [0.29, 0.717) is 0 Å². The van der Waals surface area contributed by atoms with Crippen molar-refractivity contribution < 1.29 is 4.79 Å². The molecule has 0 aromatic heterocycles. The Hall–Kier alpha value is -1.62. The first kappa shape index (κ1) is 12.4. The van der Waals surface area contributed by atoms with Crippen LogP contribution in [0.2, 0.25) is 0 Å². The molecule has 0 aliphatic carbocycles. The molecule has 0 saturated carbocycles. The molecule has 1 aromatic carbocycles. The highest BCUT2D eigenvalue weighted by Crippen LogP contribution is 2.12. The van der Waals surface area contributed by atoms with Gasteiger partial charge in [0.15, 0.2) is 0 Å². The van der Waals surface area contributed by atoms with Crippen molar-refractivity contribution in [2.24, 2.45) is 5.73 Å². The largest absolute Gasteiger partial charge is 0.391 e. The summed E-state index contributed by atoms with van der Waals surface area (Å²) in [4.78, 5) is 13.2. The summed E-state index contributed by atoms with van der Waals surface area (Å²) in [5, 5.41) is 2.75. The number of nitrogens with two attached hydrogens (primary N) is 1. The van der Waals surface area contributed by atoms with E-state index in [0.717, 1.165) is 5.56 Å². The Morgan fingerprint density at radius 2 is 1.94 bits per heavy atom. The molecule has 0 fully saturated rings. The van der Waals surface area contributed by atoms with E-state index in [9.17, 15) is 4.79 Å². The average molecular weight is 237 g/mol. The monoisotopic (exact) mass is 237 g/mol. The maximum atomic E-state index is 11.5. The molecule has 3 N–H and O–H groups in total. The van der Waals surface area contributed by atoms with Crippen LogP contribution in [-0.4, -0.2) is 30.0 Å². The van der Waals surface area contributed by atoms with Crippen LogP contribution in [0, 0.1) is 0 Å². The fourth-order valence-corrected chi connectivity index (χ4v) is 1.41. The van der Waals surface area contributed by atoms with E-state index < -0.39 is 6.04 Å². The van der Waals surface area contributed by atoms with Gasteiger partial charge in [-0.1, -0.05) is 42.5 Å². The Balaban J connectivity index is 2.85. The summed E-state index contributed by atoms with van der Waals surface area (Å²) < 4.78 is 0. The van der Waals surface area contributed by atoms with Crippen LogP contribution in [0.5, 0.6) is 0 Å². The zero-order valence-corrected chi connectivity index (χ0v) is 10.1. The summed E-state index contributed by atoms with van der Waals surface area (Å²) in [6.45, 7) is 0. The van der Waals surface area contributed by atoms with Gasteiger partial charge >= 0.3 is 6.03 Å². The van der Waals surface area contributed by atoms with Crippen molar-refractivity contribution in [3.63, 3.8) is 0 Å². The van der Waals surface area contributed by atoms with Gasteiger partial charge in [-0.2, -0.15) is 0 Å². The van der Waals surface area contributed by atoms with Gasteiger partial charge in [-0.3, -0.25) is 0 Å². The van der Waals surface area contributed by atoms with E-state index in [1.165, 1.54) is 4.90 Å². The summed E-state index contributed by atoms with van der Waals surface area (Å²) in [5.41, 5.74) is 6.50. The number of urea groups is 1. The first-order valence-corrected chi connectivity index (χ1v) is 5.25. The first-order chi connectivity index (χ1) is 7.52. The van der Waals surface area contributed by atoms with Crippen molar-refractivity contribution in [3.8, 4) is 0 Å². The van der Waals surface area contributed by atoms with Crippen molar-refractivity contribution in [3.05, 3.63) is 35.9 Å². The van der Waals surface area contributed by atoms with Crippen LogP contribution in [-0.2, 0) is 0 Å². The van der Waals surface area contributed by atoms with Crippen LogP contribution in [0.25, 0.3) is 0 Å². The number of amides is 2. The van der Waals surface area contributed by atoms with Crippen LogP contribution in [0.3, 0.4) is 0 Å². The topological polar surface area (TPSA) is 58.4 Å². The SMILES string of the molecule is CN(C)C(=O)NC(C(N)=S)c1ccccc1. The van der Waals surface area contributed by atoms with Crippen molar-refractivity contribution in [1.82, 2.24) is 10.2 Å². The molecule has 0 bridgehead atoms. The third-order valence-electron chi connectivity index (χ3n) is 2.09. The molecule has 5 heteroatoms. The Bertz CT molecular complexity index is 378. The number of nitrogens with one attached hydrogen (secondary N) is 1. The third kappa shape index (κ3) is 3.20. The van der Waals surface area contributed by atoms with Gasteiger partial charge in [0, 0.05) is 14.1 Å². The van der Waals surface area contributed by atoms with Crippen LogP contribution < -0.4 is 11.1 Å². The molecule has 0 aliphatic heterocycles. The molecule has 0 radical (unpaired) electrons. The second-order valence-electron chi connectivity index (χ2n) is 3.59. The predicted molar refractivity (Wildman–Crippen MR) is 68.2 cm³/mol. The van der Waals surface area contributed by atoms with Gasteiger partial charge in [-0.05, 0) is 5.56 Å². The molecule has 1 aromatic rings. The Morgan fingerprint density at radius 3 is 2.38 bits per heavy atom. The Labute approximate surface area is 100 Å². The lowest BCUT2D eigenvalue weighted by Gasteiger charge is -2.20. The Kier molecular flexibility index (Phi) is 4.25. The first-order valence-electron chi connectivity index (χ1n) is 4.84. The number of rotatable bonds is 3. The van der Waals surface area contributed by atoms with Crippen molar-refractivity contribution in [2.45, 2.75) is 6.04 Å². The number of benzene rings is 1. The fourth-order valence-electron chi connectivity index (χ4n) is 1.22. The van der Waals surface area contributed by atoms with Gasteiger partial charge in [0.05, 0.1) is 0 Å². The van der Waals surface area contributed by atoms with Gasteiger partial charge in [0.25, 0.3) is 0 Å². The van der Waals surface area contributed by atoms with Crippen molar-refractivity contribution in [2.75, 3.05) is 14.1 Å². The highest BCUT2D eigenvalue weighted by atomic mass is 32.1. The molecular weight excluding hydrogens is 222 g/mol. The maximum absolute atomic E-state index is 11.5. The number of hydrogen-bond acceptors (Lipinski definition) is 2. The highest BCUT2D eigenvalue weighted by molar-refractivity contribution is 7.80. The quantitative estimate of drug-likeness (QED) is 0.779. The number of carbonyl (C=O) groups excluding carboxylic acids is 1. The summed E-state index contributed by atoms with van der Waals surface area (Å²) in [6, 6.07) is 8.76. The zero-order valence-electron chi connectivity index (χ0n) is 9.31. The molecule has 86 valence electrons. The van der Waals surface area contributed by atoms with Gasteiger partial charge in [0.1, 0.15) is 11.0 Å². The molecule has 1 rings (SSSR count). The minimum Gasteiger partial charge on any atom is -0.391 e. The fraction of sp³-hybridized carbons (Fsp3) is 0.273. The number of carbonyl (C=O) groups is 1. The average Bonchev–Trinajstić information content (AvgIpc) is 2.26. The lowest BCUT2D eigenvalue weighted by Crippen LogP contribution is -2.41. The molecule has 0 spiro atoms. The van der Waals surface area contributed by atoms with E-state index >= 15 is 0 Å². The third-order valence-corrected chi connectivity index (χ3v) is 2.33. The normalized spacial score (nSPS) is 11.6. The molecule has 0 saturated heterocycles. The number of nitrogens with zero attached hydrogens (tertiary/aromatic N) is 1. The lowest BCUT2D eigenvalue weighted by atomic mass is 10.1. The van der Waals surface area contributed by atoms with Crippen molar-refractivity contribution >= 4 is 23.2 Å². The van der Waals surface area contributed by atoms with Crippen LogP contribution in [0.1, 0.15) is 11.6 Å². The van der Waals surface area contributed by atoms with E-state index in [2.05, 4.69) is 5.32 Å². The molecule has 1 unspecified atom stereocenters. The molecule has 16 heavy (non-hydrogen) atoms. The lowest BCUT2D eigenvalue weighted by molar-refractivity contribution is 0.216. The Morgan fingerprint density at radius 1 is 1.38 bits per heavy atom. The van der Waals surface area contributed by atoms with Gasteiger partial charge in [-0.25, -0.2) is 4.79 Å². The number of hydrogen-bond donors (Lipinski definition) is 2. The van der Waals surface area contributed by atoms with Crippen LogP contribution in [0.15, 0.2) is 30.3 Å². The molecular formula is C11H15N3OS. The highest BCUT2D eigenvalue weighted by Gasteiger charge is 2.17. The maximum Gasteiger partial charge on any atom is 0.317 e. The smallest absolute Gasteiger partial charge is 0.317 e. The second-order valence-corrected chi connectivity index (χ2v) is 4.06. The zero-order chi connectivity index (χ0) is 12.1. The standard InChI is InChI=1S/C11H15N3OS/c1-14(2)11(15)13-9(10(12)16)8-6-4-3-5-7-8/h3-7,9H,1-2H3,(H2,12,16)(H,13,15). The van der Waals surface area contributed by atoms with Crippen LogP contribution >= 0.6 is 12.2 Å². The van der Waals surface area contributed by atoms with Crippen molar-refractivity contribution in [1.29, 1.82) is 0 Å².